The minimum absolute atomic E-state index is 0.0836. The Kier molecular flexibility index (Phi) is 12.2. The molecular weight excluding hydrogens is 819 g/mol. The Morgan fingerprint density at radius 1 is 0.692 bits per heavy atom. The molecular formula is C52H63N7O6. The Bertz CT molecular complexity index is 2630. The van der Waals surface area contributed by atoms with Gasteiger partial charge < -0.3 is 39.9 Å². The number of hydrogen-bond acceptors (Lipinski definition) is 7. The predicted molar refractivity (Wildman–Crippen MR) is 251 cm³/mol. The van der Waals surface area contributed by atoms with Gasteiger partial charge in [0, 0.05) is 35.6 Å². The molecule has 13 nitrogen and oxygen atoms in total. The van der Waals surface area contributed by atoms with Crippen molar-refractivity contribution < 1.29 is 28.7 Å². The van der Waals surface area contributed by atoms with Crippen molar-refractivity contribution in [3.8, 4) is 33.6 Å². The highest BCUT2D eigenvalue weighted by Gasteiger charge is 2.42. The van der Waals surface area contributed by atoms with Crippen LogP contribution in [0.1, 0.15) is 132 Å². The monoisotopic (exact) mass is 881 g/mol. The molecule has 342 valence electrons. The van der Waals surface area contributed by atoms with Gasteiger partial charge in [-0.2, -0.15) is 0 Å². The van der Waals surface area contributed by atoms with Crippen LogP contribution in [0.4, 0.5) is 9.59 Å². The summed E-state index contributed by atoms with van der Waals surface area (Å²) in [6, 6.07) is 18.4. The van der Waals surface area contributed by atoms with Crippen LogP contribution in [0.5, 0.6) is 0 Å². The summed E-state index contributed by atoms with van der Waals surface area (Å²) in [7, 11) is 2.63. The molecule has 13 heteroatoms. The smallest absolute Gasteiger partial charge is 0.407 e. The molecule has 2 bridgehead atoms. The number of hydrogen-bond donors (Lipinski definition) is 4. The minimum Gasteiger partial charge on any atom is -0.453 e. The lowest BCUT2D eigenvalue weighted by molar-refractivity contribution is -0.136. The van der Waals surface area contributed by atoms with Gasteiger partial charge in [-0.05, 0) is 120 Å². The van der Waals surface area contributed by atoms with Crippen molar-refractivity contribution in [2.24, 2.45) is 11.8 Å². The van der Waals surface area contributed by atoms with Gasteiger partial charge in [0.05, 0.1) is 38.2 Å². The number of H-pyrrole nitrogens is 2. The van der Waals surface area contributed by atoms with Crippen LogP contribution >= 0.6 is 0 Å². The minimum atomic E-state index is -0.690. The molecule has 6 atom stereocenters. The molecule has 4 aliphatic rings. The van der Waals surface area contributed by atoms with Crippen LogP contribution in [0.25, 0.3) is 44.4 Å². The number of imidazole rings is 1. The Balaban J connectivity index is 1.04. The van der Waals surface area contributed by atoms with Gasteiger partial charge in [-0.1, -0.05) is 83.1 Å². The summed E-state index contributed by atoms with van der Waals surface area (Å²) < 4.78 is 9.71. The van der Waals surface area contributed by atoms with Gasteiger partial charge >= 0.3 is 12.2 Å². The lowest BCUT2D eigenvalue weighted by Crippen LogP contribution is -2.51. The number of methoxy groups -OCH3 is 2. The molecule has 5 aromatic rings. The number of carbonyl (C=O) groups excluding carboxylic acids is 4. The molecule has 2 aliphatic heterocycles. The van der Waals surface area contributed by atoms with Crippen molar-refractivity contribution in [2.45, 2.75) is 122 Å². The number of likely N-dealkylation sites (tertiary alicyclic amines) is 2. The van der Waals surface area contributed by atoms with Crippen LogP contribution in [0, 0.1) is 11.8 Å². The average Bonchev–Trinajstić information content (AvgIpc) is 4.18. The topological polar surface area (TPSA) is 162 Å². The zero-order valence-electron chi connectivity index (χ0n) is 38.8. The van der Waals surface area contributed by atoms with Gasteiger partial charge in [-0.3, -0.25) is 9.59 Å². The predicted octanol–water partition coefficient (Wildman–Crippen LogP) is 9.91. The number of rotatable bonds is 12. The maximum atomic E-state index is 14.0. The first-order valence-electron chi connectivity index (χ1n) is 23.7. The fourth-order valence-corrected chi connectivity index (χ4v) is 11.6. The third-order valence-corrected chi connectivity index (χ3v) is 14.7. The number of ether oxygens (including phenoxy) is 2. The fourth-order valence-electron chi connectivity index (χ4n) is 11.6. The second-order valence-electron chi connectivity index (χ2n) is 19.2. The zero-order valence-corrected chi connectivity index (χ0v) is 38.8. The van der Waals surface area contributed by atoms with Crippen LogP contribution in [0.2, 0.25) is 0 Å². The fraction of sp³-hybridized carbons (Fsp3) is 0.481. The first kappa shape index (κ1) is 44.1. The number of nitrogens with zero attached hydrogens (tertiary/aromatic N) is 3. The molecule has 0 radical (unpaired) electrons. The van der Waals surface area contributed by atoms with Crippen LogP contribution in [-0.2, 0) is 25.5 Å². The number of alkyl carbamates (subject to hydrolysis) is 2. The Morgan fingerprint density at radius 2 is 1.23 bits per heavy atom. The number of aromatic amines is 2. The summed E-state index contributed by atoms with van der Waals surface area (Å²) in [6.45, 7) is 11.1. The summed E-state index contributed by atoms with van der Waals surface area (Å²) in [4.78, 5) is 68.6. The maximum Gasteiger partial charge on any atom is 0.407 e. The second kappa shape index (κ2) is 18.0. The normalized spacial score (nSPS) is 21.0. The number of fused-ring (bicyclic) bond motifs is 6. The number of aromatic nitrogens is 3. The number of benzene rings is 3. The molecule has 3 aromatic carbocycles. The van der Waals surface area contributed by atoms with E-state index in [0.717, 1.165) is 67.0 Å². The number of amides is 4. The van der Waals surface area contributed by atoms with E-state index in [0.29, 0.717) is 24.9 Å². The van der Waals surface area contributed by atoms with Crippen molar-refractivity contribution in [1.82, 2.24) is 35.4 Å². The van der Waals surface area contributed by atoms with E-state index in [-0.39, 0.29) is 35.7 Å². The van der Waals surface area contributed by atoms with E-state index in [1.807, 2.05) is 43.7 Å². The van der Waals surface area contributed by atoms with E-state index in [9.17, 15) is 19.2 Å². The molecule has 4 N–H and O–H groups in total. The SMILES string of the molecule is CCc1cc(-c2ccc(-c3ccc(-c4cnc(C5CCCN5C(=O)C(NC(=O)OC)C(C)C)[nH]4)c4c3C3CCC4C3)c3ccccc23)[nH]c1C1CCCN1C(=O)C(NC(=O)OC)C(C)C. The molecule has 2 saturated heterocycles. The molecule has 65 heavy (non-hydrogen) atoms. The first-order chi connectivity index (χ1) is 31.4. The number of carbonyl (C=O) groups is 4. The van der Waals surface area contributed by atoms with Crippen LogP contribution in [0.3, 0.4) is 0 Å². The number of aryl methyl sites for hydroxylation is 1. The molecule has 2 aromatic heterocycles. The van der Waals surface area contributed by atoms with Gasteiger partial charge in [-0.15, -0.1) is 0 Å². The van der Waals surface area contributed by atoms with Gasteiger partial charge in [0.2, 0.25) is 11.8 Å². The van der Waals surface area contributed by atoms with Crippen LogP contribution in [-0.4, -0.2) is 88.1 Å². The van der Waals surface area contributed by atoms with E-state index < -0.39 is 24.3 Å². The van der Waals surface area contributed by atoms with E-state index in [4.69, 9.17) is 14.5 Å². The largest absolute Gasteiger partial charge is 0.453 e. The van der Waals surface area contributed by atoms with E-state index in [1.165, 1.54) is 71.2 Å². The third kappa shape index (κ3) is 7.94. The van der Waals surface area contributed by atoms with Crippen LogP contribution in [0.15, 0.2) is 60.8 Å². The molecule has 1 saturated carbocycles. The maximum absolute atomic E-state index is 14.0. The second-order valence-corrected chi connectivity index (χ2v) is 19.2. The zero-order chi connectivity index (χ0) is 45.7. The van der Waals surface area contributed by atoms with Crippen molar-refractivity contribution >= 4 is 34.8 Å². The first-order valence-corrected chi connectivity index (χ1v) is 23.7. The average molecular weight is 882 g/mol. The van der Waals surface area contributed by atoms with Crippen molar-refractivity contribution in [2.75, 3.05) is 27.3 Å². The Morgan fingerprint density at radius 3 is 1.83 bits per heavy atom. The summed E-state index contributed by atoms with van der Waals surface area (Å²) in [5.74, 6) is 1.32. The molecule has 0 spiro atoms. The van der Waals surface area contributed by atoms with E-state index in [2.05, 4.69) is 82.1 Å². The summed E-state index contributed by atoms with van der Waals surface area (Å²) >= 11 is 0. The third-order valence-electron chi connectivity index (χ3n) is 14.7. The number of nitrogens with one attached hydrogen (secondary N) is 4. The lowest BCUT2D eigenvalue weighted by atomic mass is 9.81. The van der Waals surface area contributed by atoms with Gasteiger partial charge in [0.1, 0.15) is 17.9 Å². The Labute approximate surface area is 381 Å². The highest BCUT2D eigenvalue weighted by molar-refractivity contribution is 6.05. The highest BCUT2D eigenvalue weighted by atomic mass is 16.5. The Hall–Kier alpha value is -6.11. The van der Waals surface area contributed by atoms with Crippen molar-refractivity contribution in [3.63, 3.8) is 0 Å². The quantitative estimate of drug-likeness (QED) is 0.0970. The summed E-state index contributed by atoms with van der Waals surface area (Å²) in [5.41, 5.74) is 11.9. The molecule has 6 unspecified atom stereocenters. The summed E-state index contributed by atoms with van der Waals surface area (Å²) in [6.07, 6.45) is 8.42. The lowest BCUT2D eigenvalue weighted by Gasteiger charge is -2.31. The van der Waals surface area contributed by atoms with Crippen molar-refractivity contribution in [3.05, 3.63) is 89.0 Å². The molecule has 2 aliphatic carbocycles. The molecule has 9 rings (SSSR count). The van der Waals surface area contributed by atoms with Gasteiger partial charge in [-0.25, -0.2) is 14.6 Å². The van der Waals surface area contributed by atoms with E-state index >= 15 is 0 Å². The standard InChI is InChI=1S/C52H63N7O6/c1-8-30-26-39(54-47(30)41-15-11-23-58(41)49(60)45(28(2)3)56-51(62)64-6)36-20-19-35(33-13-9-10-14-34(33)36)37-21-22-38(44-32-18-17-31(25-32)43(37)44)40-27-53-48(55-40)42-16-12-24-59(42)50(61)46(29(4)5)57-52(63)65-7/h9-10,13-14,19-22,26-29,31-32,41-42,45-46,54H,8,11-12,15-18,23-25H2,1-7H3,(H,53,55)(H,56,62)(H,57,63). The van der Waals surface area contributed by atoms with Gasteiger partial charge in [0.15, 0.2) is 0 Å². The highest BCUT2D eigenvalue weighted by Crippen LogP contribution is 2.59. The van der Waals surface area contributed by atoms with Crippen molar-refractivity contribution in [1.29, 1.82) is 0 Å². The molecule has 4 amide bonds. The van der Waals surface area contributed by atoms with E-state index in [1.54, 1.807) is 0 Å². The molecule has 3 fully saturated rings. The van der Waals surface area contributed by atoms with Crippen LogP contribution < -0.4 is 10.6 Å². The molecule has 4 heterocycles. The summed E-state index contributed by atoms with van der Waals surface area (Å²) in [5, 5.41) is 7.90. The van der Waals surface area contributed by atoms with Gasteiger partial charge in [0.25, 0.3) is 0 Å².